The van der Waals surface area contributed by atoms with Gasteiger partial charge in [-0.15, -0.1) is 0 Å². The Morgan fingerprint density at radius 2 is 2.00 bits per heavy atom. The zero-order valence-corrected chi connectivity index (χ0v) is 17.5. The lowest BCUT2D eigenvalue weighted by Gasteiger charge is -2.17. The Morgan fingerprint density at radius 3 is 2.63 bits per heavy atom. The molecule has 1 fully saturated rings. The number of aromatic nitrogens is 2. The quantitative estimate of drug-likeness (QED) is 0.610. The minimum atomic E-state index is -1.12. The second-order valence-electron chi connectivity index (χ2n) is 7.15. The average Bonchev–Trinajstić information content (AvgIpc) is 3.20. The Labute approximate surface area is 178 Å². The number of aromatic amines is 1. The van der Waals surface area contributed by atoms with Crippen molar-refractivity contribution in [2.24, 2.45) is 0 Å². The largest absolute Gasteiger partial charge is 0.482 e. The normalized spacial score (nSPS) is 13.4. The third-order valence-corrected chi connectivity index (χ3v) is 5.16. The second-order valence-corrected chi connectivity index (χ2v) is 7.56. The van der Waals surface area contributed by atoms with Crippen molar-refractivity contribution in [3.63, 3.8) is 0 Å². The molecule has 0 unspecified atom stereocenters. The lowest BCUT2D eigenvalue weighted by molar-refractivity contribution is -0.139. The standard InChI is InChI=1S/C20H23ClN4O5/c1-11-7-14(21)15(9-16(11)30-10-18(27)28)23-17(26)8-13-12(2)22-20(24-19(13)29)25-5-3-4-6-25/h7,9H,3-6,8,10H2,1-2H3,(H,23,26)(H,27,28)(H,22,24,29). The maximum absolute atomic E-state index is 12.5. The van der Waals surface area contributed by atoms with E-state index in [1.165, 1.54) is 6.07 Å². The molecular formula is C20H23ClN4O5. The first kappa shape index (κ1) is 21.6. The number of hydrogen-bond acceptors (Lipinski definition) is 6. The van der Waals surface area contributed by atoms with Gasteiger partial charge in [-0.05, 0) is 38.3 Å². The maximum Gasteiger partial charge on any atom is 0.341 e. The van der Waals surface area contributed by atoms with Crippen molar-refractivity contribution < 1.29 is 19.4 Å². The van der Waals surface area contributed by atoms with E-state index in [0.717, 1.165) is 25.9 Å². The zero-order chi connectivity index (χ0) is 21.8. The molecule has 10 heteroatoms. The van der Waals surface area contributed by atoms with Crippen molar-refractivity contribution >= 4 is 35.1 Å². The minimum absolute atomic E-state index is 0.177. The topological polar surface area (TPSA) is 125 Å². The van der Waals surface area contributed by atoms with Gasteiger partial charge in [0.1, 0.15) is 5.75 Å². The Hall–Kier alpha value is -3.07. The van der Waals surface area contributed by atoms with Crippen molar-refractivity contribution in [3.8, 4) is 5.75 Å². The number of anilines is 2. The number of benzene rings is 1. The molecule has 3 rings (SSSR count). The van der Waals surface area contributed by atoms with E-state index in [-0.39, 0.29) is 28.3 Å². The van der Waals surface area contributed by atoms with E-state index >= 15 is 0 Å². The van der Waals surface area contributed by atoms with Gasteiger partial charge in [-0.1, -0.05) is 11.6 Å². The van der Waals surface area contributed by atoms with Gasteiger partial charge in [-0.2, -0.15) is 0 Å². The first-order chi connectivity index (χ1) is 14.2. The molecule has 0 saturated carbocycles. The molecule has 1 aliphatic heterocycles. The van der Waals surface area contributed by atoms with E-state index in [2.05, 4.69) is 15.3 Å². The monoisotopic (exact) mass is 434 g/mol. The molecule has 1 amide bonds. The van der Waals surface area contributed by atoms with Crippen LogP contribution in [0.2, 0.25) is 5.02 Å². The van der Waals surface area contributed by atoms with E-state index in [4.69, 9.17) is 21.4 Å². The molecule has 3 N–H and O–H groups in total. The van der Waals surface area contributed by atoms with Gasteiger partial charge in [0, 0.05) is 24.7 Å². The molecule has 30 heavy (non-hydrogen) atoms. The highest BCUT2D eigenvalue weighted by atomic mass is 35.5. The summed E-state index contributed by atoms with van der Waals surface area (Å²) in [4.78, 5) is 45.0. The third kappa shape index (κ3) is 5.10. The number of carbonyl (C=O) groups is 2. The minimum Gasteiger partial charge on any atom is -0.482 e. The fourth-order valence-electron chi connectivity index (χ4n) is 3.28. The molecular weight excluding hydrogens is 412 g/mol. The molecule has 0 atom stereocenters. The molecule has 160 valence electrons. The van der Waals surface area contributed by atoms with Gasteiger partial charge in [0.05, 0.1) is 22.8 Å². The second kappa shape index (κ2) is 9.17. The van der Waals surface area contributed by atoms with Gasteiger partial charge in [0.15, 0.2) is 6.61 Å². The van der Waals surface area contributed by atoms with Crippen LogP contribution in [0, 0.1) is 13.8 Å². The fraction of sp³-hybridized carbons (Fsp3) is 0.400. The number of halogens is 1. The molecule has 1 aliphatic rings. The van der Waals surface area contributed by atoms with Gasteiger partial charge in [-0.3, -0.25) is 14.6 Å². The highest BCUT2D eigenvalue weighted by Gasteiger charge is 2.19. The fourth-order valence-corrected chi connectivity index (χ4v) is 3.55. The van der Waals surface area contributed by atoms with Gasteiger partial charge >= 0.3 is 5.97 Å². The number of rotatable bonds is 7. The maximum atomic E-state index is 12.5. The average molecular weight is 435 g/mol. The third-order valence-electron chi connectivity index (χ3n) is 4.84. The van der Waals surface area contributed by atoms with Gasteiger partial charge in [0.25, 0.3) is 5.56 Å². The summed E-state index contributed by atoms with van der Waals surface area (Å²) in [6.07, 6.45) is 1.94. The highest BCUT2D eigenvalue weighted by Crippen LogP contribution is 2.30. The molecule has 0 aliphatic carbocycles. The first-order valence-corrected chi connectivity index (χ1v) is 9.91. The number of carbonyl (C=O) groups excluding carboxylic acids is 1. The summed E-state index contributed by atoms with van der Waals surface area (Å²) in [6, 6.07) is 3.03. The summed E-state index contributed by atoms with van der Waals surface area (Å²) in [6.45, 7) is 4.60. The summed E-state index contributed by atoms with van der Waals surface area (Å²) < 4.78 is 5.21. The van der Waals surface area contributed by atoms with Crippen LogP contribution in [-0.4, -0.2) is 46.6 Å². The van der Waals surface area contributed by atoms with Crippen LogP contribution in [0.4, 0.5) is 11.6 Å². The highest BCUT2D eigenvalue weighted by molar-refractivity contribution is 6.33. The number of nitrogens with zero attached hydrogens (tertiary/aromatic N) is 2. The number of nitrogens with one attached hydrogen (secondary N) is 2. The molecule has 9 nitrogen and oxygen atoms in total. The van der Waals surface area contributed by atoms with Crippen LogP contribution in [0.25, 0.3) is 0 Å². The van der Waals surface area contributed by atoms with Crippen LogP contribution in [-0.2, 0) is 16.0 Å². The Morgan fingerprint density at radius 1 is 1.30 bits per heavy atom. The lowest BCUT2D eigenvalue weighted by atomic mass is 10.1. The van der Waals surface area contributed by atoms with E-state index in [1.54, 1.807) is 19.9 Å². The lowest BCUT2D eigenvalue weighted by Crippen LogP contribution is -2.28. The number of ether oxygens (including phenoxy) is 1. The summed E-state index contributed by atoms with van der Waals surface area (Å²) in [5.74, 6) is -0.743. The molecule has 0 spiro atoms. The smallest absolute Gasteiger partial charge is 0.341 e. The molecule has 0 bridgehead atoms. The SMILES string of the molecule is Cc1cc(Cl)c(NC(=O)Cc2c(C)nc(N3CCCC3)[nH]c2=O)cc1OCC(=O)O. The van der Waals surface area contributed by atoms with Crippen LogP contribution < -0.4 is 20.5 Å². The summed E-state index contributed by atoms with van der Waals surface area (Å²) >= 11 is 6.19. The van der Waals surface area contributed by atoms with Crippen molar-refractivity contribution in [2.75, 3.05) is 29.9 Å². The Bertz CT molecular complexity index is 1030. The summed E-state index contributed by atoms with van der Waals surface area (Å²) in [5, 5.41) is 11.7. The number of aryl methyl sites for hydroxylation is 2. The number of aliphatic carboxylic acids is 1. The molecule has 1 aromatic heterocycles. The van der Waals surface area contributed by atoms with Crippen LogP contribution >= 0.6 is 11.6 Å². The molecule has 1 aromatic carbocycles. The van der Waals surface area contributed by atoms with Crippen molar-refractivity contribution in [2.45, 2.75) is 33.1 Å². The van der Waals surface area contributed by atoms with Gasteiger partial charge in [-0.25, -0.2) is 9.78 Å². The van der Waals surface area contributed by atoms with Crippen molar-refractivity contribution in [1.82, 2.24) is 9.97 Å². The van der Waals surface area contributed by atoms with Crippen molar-refractivity contribution in [3.05, 3.63) is 44.3 Å². The number of amides is 1. The van der Waals surface area contributed by atoms with E-state index < -0.39 is 18.5 Å². The first-order valence-electron chi connectivity index (χ1n) is 9.54. The molecule has 0 radical (unpaired) electrons. The van der Waals surface area contributed by atoms with Crippen LogP contribution in [0.3, 0.4) is 0 Å². The van der Waals surface area contributed by atoms with E-state index in [9.17, 15) is 14.4 Å². The predicted octanol–water partition coefficient (Wildman–Crippen LogP) is 2.28. The van der Waals surface area contributed by atoms with E-state index in [1.807, 2.05) is 4.90 Å². The molecule has 1 saturated heterocycles. The number of carboxylic acid groups (broad SMARTS) is 1. The van der Waals surface area contributed by atoms with Crippen molar-refractivity contribution in [1.29, 1.82) is 0 Å². The number of H-pyrrole nitrogens is 1. The van der Waals surface area contributed by atoms with Gasteiger partial charge in [0.2, 0.25) is 11.9 Å². The Balaban J connectivity index is 1.75. The number of carboxylic acids is 1. The van der Waals surface area contributed by atoms with Crippen LogP contribution in [0.5, 0.6) is 5.75 Å². The summed E-state index contributed by atoms with van der Waals surface area (Å²) in [5.41, 5.74) is 1.33. The van der Waals surface area contributed by atoms with Crippen LogP contribution in [0.1, 0.15) is 29.7 Å². The number of hydrogen-bond donors (Lipinski definition) is 3. The van der Waals surface area contributed by atoms with Gasteiger partial charge < -0.3 is 20.1 Å². The Kier molecular flexibility index (Phi) is 6.61. The summed E-state index contributed by atoms with van der Waals surface area (Å²) in [7, 11) is 0. The van der Waals surface area contributed by atoms with Crippen LogP contribution in [0.15, 0.2) is 16.9 Å². The predicted molar refractivity (Wildman–Crippen MR) is 113 cm³/mol. The zero-order valence-electron chi connectivity index (χ0n) is 16.7. The molecule has 2 aromatic rings. The van der Waals surface area contributed by atoms with E-state index in [0.29, 0.717) is 23.0 Å². The molecule has 2 heterocycles.